The number of ether oxygens (including phenoxy) is 1. The molecule has 0 spiro atoms. The summed E-state index contributed by atoms with van der Waals surface area (Å²) in [5.74, 6) is 1.59. The lowest BCUT2D eigenvalue weighted by Crippen LogP contribution is -2.21. The van der Waals surface area contributed by atoms with Crippen LogP contribution in [0.1, 0.15) is 29.9 Å². The summed E-state index contributed by atoms with van der Waals surface area (Å²) in [6.07, 6.45) is 1.03. The van der Waals surface area contributed by atoms with E-state index in [2.05, 4.69) is 5.32 Å². The second-order valence-electron chi connectivity index (χ2n) is 4.70. The molecule has 0 saturated carbocycles. The van der Waals surface area contributed by atoms with Crippen LogP contribution in [0.4, 0.5) is 0 Å². The number of rotatable bonds is 7. The maximum atomic E-state index is 10.3. The van der Waals surface area contributed by atoms with Crippen molar-refractivity contribution >= 4 is 0 Å². The van der Waals surface area contributed by atoms with Gasteiger partial charge in [-0.15, -0.1) is 0 Å². The van der Waals surface area contributed by atoms with Crippen LogP contribution in [-0.2, 0) is 6.54 Å². The lowest BCUT2D eigenvalue weighted by molar-refractivity contribution is 0.167. The quantitative estimate of drug-likeness (QED) is 0.816. The normalized spacial score (nSPS) is 12.3. The number of hydrogen-bond donors (Lipinski definition) is 2. The molecule has 0 aliphatic heterocycles. The van der Waals surface area contributed by atoms with Crippen molar-refractivity contribution in [2.24, 2.45) is 0 Å². The highest BCUT2D eigenvalue weighted by Crippen LogP contribution is 2.26. The van der Waals surface area contributed by atoms with Crippen molar-refractivity contribution in [1.82, 2.24) is 5.32 Å². The van der Waals surface area contributed by atoms with Gasteiger partial charge in [-0.1, -0.05) is 11.6 Å². The van der Waals surface area contributed by atoms with Gasteiger partial charge < -0.3 is 19.6 Å². The van der Waals surface area contributed by atoms with Crippen molar-refractivity contribution in [2.45, 2.75) is 26.5 Å². The van der Waals surface area contributed by atoms with Crippen LogP contribution < -0.4 is 10.1 Å². The lowest BCUT2D eigenvalue weighted by Gasteiger charge is -2.16. The molecular formula is C16H21NO3. The molecule has 0 bridgehead atoms. The second kappa shape index (κ2) is 7.12. The molecule has 2 aromatic rings. The maximum absolute atomic E-state index is 10.3. The summed E-state index contributed by atoms with van der Waals surface area (Å²) in [7, 11) is 0. The van der Waals surface area contributed by atoms with Crippen molar-refractivity contribution < 1.29 is 14.3 Å². The number of nitrogens with one attached hydrogen (secondary N) is 1. The van der Waals surface area contributed by atoms with Gasteiger partial charge in [0, 0.05) is 12.1 Å². The molecule has 108 valence electrons. The number of benzene rings is 1. The summed E-state index contributed by atoms with van der Waals surface area (Å²) in [5.41, 5.74) is 1.92. The molecule has 4 heteroatoms. The minimum atomic E-state index is -0.605. The topological polar surface area (TPSA) is 54.6 Å². The van der Waals surface area contributed by atoms with E-state index in [-0.39, 0.29) is 0 Å². The maximum Gasteiger partial charge on any atom is 0.125 e. The molecule has 0 aliphatic carbocycles. The molecule has 0 saturated heterocycles. The Kier molecular flexibility index (Phi) is 5.21. The van der Waals surface area contributed by atoms with E-state index in [1.807, 2.05) is 44.2 Å². The zero-order valence-corrected chi connectivity index (χ0v) is 11.9. The number of aryl methyl sites for hydroxylation is 1. The standard InChI is InChI=1S/C16H21NO3/c1-3-19-16-7-6-12(2)9-14(16)15(18)11-17-10-13-5-4-8-20-13/h4-9,15,17-18H,3,10-11H2,1-2H3. The molecule has 0 aliphatic rings. The van der Waals surface area contributed by atoms with Gasteiger partial charge in [0.05, 0.1) is 25.5 Å². The van der Waals surface area contributed by atoms with E-state index in [0.717, 1.165) is 22.6 Å². The second-order valence-corrected chi connectivity index (χ2v) is 4.70. The molecule has 1 aromatic carbocycles. The average molecular weight is 275 g/mol. The van der Waals surface area contributed by atoms with E-state index in [9.17, 15) is 5.11 Å². The van der Waals surface area contributed by atoms with Crippen LogP contribution in [0.3, 0.4) is 0 Å². The molecule has 2 N–H and O–H groups in total. The van der Waals surface area contributed by atoms with Crippen LogP contribution in [0, 0.1) is 6.92 Å². The fraction of sp³-hybridized carbons (Fsp3) is 0.375. The fourth-order valence-corrected chi connectivity index (χ4v) is 2.07. The molecule has 1 aromatic heterocycles. The zero-order valence-electron chi connectivity index (χ0n) is 11.9. The first-order chi connectivity index (χ1) is 9.70. The number of aliphatic hydroxyl groups is 1. The Bertz CT molecular complexity index is 523. The predicted molar refractivity (Wildman–Crippen MR) is 77.7 cm³/mol. The highest BCUT2D eigenvalue weighted by Gasteiger charge is 2.13. The Morgan fingerprint density at radius 2 is 2.20 bits per heavy atom. The molecule has 2 rings (SSSR count). The Morgan fingerprint density at radius 1 is 1.35 bits per heavy atom. The monoisotopic (exact) mass is 275 g/mol. The smallest absolute Gasteiger partial charge is 0.125 e. The van der Waals surface area contributed by atoms with E-state index in [1.165, 1.54) is 0 Å². The number of furan rings is 1. The molecule has 0 fully saturated rings. The van der Waals surface area contributed by atoms with Gasteiger partial charge in [0.2, 0.25) is 0 Å². The molecule has 1 atom stereocenters. The SMILES string of the molecule is CCOc1ccc(C)cc1C(O)CNCc1ccco1. The Hall–Kier alpha value is -1.78. The van der Waals surface area contributed by atoms with Gasteiger partial charge >= 0.3 is 0 Å². The minimum absolute atomic E-state index is 0.449. The first-order valence-electron chi connectivity index (χ1n) is 6.85. The van der Waals surface area contributed by atoms with Crippen molar-refractivity contribution in [1.29, 1.82) is 0 Å². The summed E-state index contributed by atoms with van der Waals surface area (Å²) >= 11 is 0. The predicted octanol–water partition coefficient (Wildman–Crippen LogP) is 2.81. The van der Waals surface area contributed by atoms with Crippen LogP contribution in [0.5, 0.6) is 5.75 Å². The minimum Gasteiger partial charge on any atom is -0.493 e. The first kappa shape index (κ1) is 14.6. The zero-order chi connectivity index (χ0) is 14.4. The third-order valence-electron chi connectivity index (χ3n) is 3.04. The largest absolute Gasteiger partial charge is 0.493 e. The molecule has 0 radical (unpaired) electrons. The van der Waals surface area contributed by atoms with Crippen molar-refractivity contribution in [3.05, 3.63) is 53.5 Å². The summed E-state index contributed by atoms with van der Waals surface area (Å²) < 4.78 is 10.8. The van der Waals surface area contributed by atoms with Gasteiger partial charge in [-0.25, -0.2) is 0 Å². The van der Waals surface area contributed by atoms with Crippen LogP contribution in [0.2, 0.25) is 0 Å². The highest BCUT2D eigenvalue weighted by atomic mass is 16.5. The number of aliphatic hydroxyl groups excluding tert-OH is 1. The van der Waals surface area contributed by atoms with Crippen LogP contribution in [0.15, 0.2) is 41.0 Å². The van der Waals surface area contributed by atoms with Crippen molar-refractivity contribution in [3.8, 4) is 5.75 Å². The molecule has 4 nitrogen and oxygen atoms in total. The van der Waals surface area contributed by atoms with E-state index in [0.29, 0.717) is 19.7 Å². The van der Waals surface area contributed by atoms with Gasteiger partial charge in [-0.3, -0.25) is 0 Å². The molecule has 1 unspecified atom stereocenters. The summed E-state index contributed by atoms with van der Waals surface area (Å²) in [5, 5.41) is 13.5. The van der Waals surface area contributed by atoms with E-state index < -0.39 is 6.10 Å². The van der Waals surface area contributed by atoms with Crippen molar-refractivity contribution in [3.63, 3.8) is 0 Å². The number of hydrogen-bond acceptors (Lipinski definition) is 4. The molecule has 0 amide bonds. The van der Waals surface area contributed by atoms with Gasteiger partial charge in [0.25, 0.3) is 0 Å². The van der Waals surface area contributed by atoms with E-state index in [4.69, 9.17) is 9.15 Å². The van der Waals surface area contributed by atoms with Gasteiger partial charge in [0.15, 0.2) is 0 Å². The van der Waals surface area contributed by atoms with Crippen LogP contribution >= 0.6 is 0 Å². The third-order valence-corrected chi connectivity index (χ3v) is 3.04. The van der Waals surface area contributed by atoms with Gasteiger partial charge in [0.1, 0.15) is 11.5 Å². The third kappa shape index (κ3) is 3.85. The molecular weight excluding hydrogens is 254 g/mol. The summed E-state index contributed by atoms with van der Waals surface area (Å²) in [4.78, 5) is 0. The van der Waals surface area contributed by atoms with Crippen molar-refractivity contribution in [2.75, 3.05) is 13.2 Å². The average Bonchev–Trinajstić information content (AvgIpc) is 2.94. The Balaban J connectivity index is 1.96. The lowest BCUT2D eigenvalue weighted by atomic mass is 10.1. The molecule has 1 heterocycles. The molecule has 20 heavy (non-hydrogen) atoms. The van der Waals surface area contributed by atoms with E-state index in [1.54, 1.807) is 6.26 Å². The van der Waals surface area contributed by atoms with Crippen LogP contribution in [0.25, 0.3) is 0 Å². The highest BCUT2D eigenvalue weighted by molar-refractivity contribution is 5.38. The summed E-state index contributed by atoms with van der Waals surface area (Å²) in [6.45, 7) is 5.57. The van der Waals surface area contributed by atoms with Crippen LogP contribution in [-0.4, -0.2) is 18.3 Å². The summed E-state index contributed by atoms with van der Waals surface area (Å²) in [6, 6.07) is 9.60. The Morgan fingerprint density at radius 3 is 2.90 bits per heavy atom. The van der Waals surface area contributed by atoms with Gasteiger partial charge in [-0.2, -0.15) is 0 Å². The Labute approximate surface area is 119 Å². The van der Waals surface area contributed by atoms with Gasteiger partial charge in [-0.05, 0) is 38.1 Å². The fourth-order valence-electron chi connectivity index (χ4n) is 2.07. The first-order valence-corrected chi connectivity index (χ1v) is 6.85. The van der Waals surface area contributed by atoms with E-state index >= 15 is 0 Å².